The van der Waals surface area contributed by atoms with Crippen LogP contribution in [0.15, 0.2) is 12.2 Å². The second-order valence-corrected chi connectivity index (χ2v) is 19.1. The number of carbonyl (C=O) groups excluding carboxylic acids is 2. The standard InChI is InChI=1S/C48H91O13P/c1-3-5-7-9-11-13-15-16-17-18-19-20-21-22-23-24-25-26-27-29-31-33-35-37-42(50)60-40(38-58-41(49)36-34-32-30-28-14-12-10-8-6-4-2)39-59-62(56,57)61-48-46(54)44(52)43(51)45(53)47(48)55/h18-19,40,43-48,51-55H,3-17,20-39H2,1-2H3,(H,56,57)/b19-18-. The summed E-state index contributed by atoms with van der Waals surface area (Å²) < 4.78 is 33.5. The molecule has 1 saturated carbocycles. The monoisotopic (exact) mass is 907 g/mol. The Kier molecular flexibility index (Phi) is 36.7. The molecular weight excluding hydrogens is 815 g/mol. The zero-order valence-corrected chi connectivity index (χ0v) is 39.8. The van der Waals surface area contributed by atoms with Crippen molar-refractivity contribution in [2.75, 3.05) is 13.2 Å². The SMILES string of the molecule is CCCCCCCCCC/C=C\CCCCCCCCCCCCCC(=O)OC(COC(=O)CCCCCCCCCCCC)COP(=O)(O)OC1C(O)C(O)C(O)C(O)C1O. The van der Waals surface area contributed by atoms with Crippen molar-refractivity contribution in [1.29, 1.82) is 0 Å². The van der Waals surface area contributed by atoms with Crippen LogP contribution in [0.4, 0.5) is 0 Å². The van der Waals surface area contributed by atoms with Crippen LogP contribution in [0.1, 0.15) is 226 Å². The highest BCUT2D eigenvalue weighted by atomic mass is 31.2. The molecule has 6 unspecified atom stereocenters. The molecule has 0 aliphatic heterocycles. The van der Waals surface area contributed by atoms with Gasteiger partial charge in [-0.15, -0.1) is 0 Å². The van der Waals surface area contributed by atoms with Gasteiger partial charge < -0.3 is 39.9 Å². The number of hydrogen-bond donors (Lipinski definition) is 6. The predicted molar refractivity (Wildman–Crippen MR) is 244 cm³/mol. The Bertz CT molecular complexity index is 1140. The molecule has 0 aromatic rings. The van der Waals surface area contributed by atoms with Crippen LogP contribution in [0.25, 0.3) is 0 Å². The molecule has 0 amide bonds. The minimum Gasteiger partial charge on any atom is -0.462 e. The van der Waals surface area contributed by atoms with Crippen LogP contribution in [0.3, 0.4) is 0 Å². The lowest BCUT2D eigenvalue weighted by atomic mass is 9.85. The molecule has 366 valence electrons. The van der Waals surface area contributed by atoms with Crippen LogP contribution in [-0.2, 0) is 32.7 Å². The van der Waals surface area contributed by atoms with E-state index in [1.54, 1.807) is 0 Å². The van der Waals surface area contributed by atoms with Crippen molar-refractivity contribution in [3.05, 3.63) is 12.2 Å². The number of aliphatic hydroxyl groups excluding tert-OH is 5. The van der Waals surface area contributed by atoms with E-state index in [0.717, 1.165) is 44.9 Å². The van der Waals surface area contributed by atoms with Crippen molar-refractivity contribution in [3.8, 4) is 0 Å². The fourth-order valence-corrected chi connectivity index (χ4v) is 8.79. The van der Waals surface area contributed by atoms with Gasteiger partial charge >= 0.3 is 19.8 Å². The van der Waals surface area contributed by atoms with Crippen molar-refractivity contribution in [1.82, 2.24) is 0 Å². The summed E-state index contributed by atoms with van der Waals surface area (Å²) >= 11 is 0. The van der Waals surface area contributed by atoms with Crippen molar-refractivity contribution < 1.29 is 63.1 Å². The number of phosphoric acid groups is 1. The van der Waals surface area contributed by atoms with E-state index in [9.17, 15) is 44.6 Å². The molecule has 1 fully saturated rings. The number of aliphatic hydroxyl groups is 5. The minimum atomic E-state index is -5.11. The maximum atomic E-state index is 12.8. The van der Waals surface area contributed by atoms with Gasteiger partial charge in [-0.25, -0.2) is 4.57 Å². The number of allylic oxidation sites excluding steroid dienone is 2. The van der Waals surface area contributed by atoms with Gasteiger partial charge in [-0.1, -0.05) is 187 Å². The van der Waals surface area contributed by atoms with E-state index >= 15 is 0 Å². The molecular formula is C48H91O13P. The van der Waals surface area contributed by atoms with Gasteiger partial charge in [0.05, 0.1) is 6.61 Å². The van der Waals surface area contributed by atoms with E-state index in [4.69, 9.17) is 18.5 Å². The van der Waals surface area contributed by atoms with Gasteiger partial charge in [-0.05, 0) is 38.5 Å². The van der Waals surface area contributed by atoms with Gasteiger partial charge in [-0.3, -0.25) is 18.6 Å². The van der Waals surface area contributed by atoms with E-state index in [0.29, 0.717) is 12.8 Å². The number of ether oxygens (including phenoxy) is 2. The van der Waals surface area contributed by atoms with Crippen LogP contribution < -0.4 is 0 Å². The Hall–Kier alpha value is -1.41. The molecule has 62 heavy (non-hydrogen) atoms. The smallest absolute Gasteiger partial charge is 0.462 e. The van der Waals surface area contributed by atoms with E-state index < -0.39 is 75.7 Å². The molecule has 0 aromatic heterocycles. The van der Waals surface area contributed by atoms with E-state index in [1.165, 1.54) is 141 Å². The molecule has 14 heteroatoms. The maximum absolute atomic E-state index is 12.8. The van der Waals surface area contributed by atoms with Gasteiger partial charge in [0.1, 0.15) is 43.2 Å². The Morgan fingerprint density at radius 3 is 1.23 bits per heavy atom. The molecule has 0 bridgehead atoms. The average Bonchev–Trinajstić information content (AvgIpc) is 3.25. The van der Waals surface area contributed by atoms with Crippen LogP contribution in [0.5, 0.6) is 0 Å². The zero-order valence-electron chi connectivity index (χ0n) is 38.9. The van der Waals surface area contributed by atoms with Crippen molar-refractivity contribution in [2.24, 2.45) is 0 Å². The molecule has 1 aliphatic carbocycles. The highest BCUT2D eigenvalue weighted by Gasteiger charge is 2.51. The number of carbonyl (C=O) groups is 2. The first kappa shape index (κ1) is 58.6. The fraction of sp³-hybridized carbons (Fsp3) is 0.917. The molecule has 6 atom stereocenters. The molecule has 0 saturated heterocycles. The fourth-order valence-electron chi connectivity index (χ4n) is 7.81. The summed E-state index contributed by atoms with van der Waals surface area (Å²) in [7, 11) is -5.11. The number of rotatable bonds is 42. The van der Waals surface area contributed by atoms with Crippen LogP contribution in [-0.4, -0.2) is 98.3 Å². The highest BCUT2D eigenvalue weighted by molar-refractivity contribution is 7.47. The van der Waals surface area contributed by atoms with Gasteiger partial charge in [0.2, 0.25) is 0 Å². The van der Waals surface area contributed by atoms with Crippen molar-refractivity contribution >= 4 is 19.8 Å². The first-order valence-electron chi connectivity index (χ1n) is 25.0. The topological polar surface area (TPSA) is 210 Å². The number of esters is 2. The summed E-state index contributed by atoms with van der Waals surface area (Å²) in [6, 6.07) is 0. The highest BCUT2D eigenvalue weighted by Crippen LogP contribution is 2.47. The Labute approximate surface area is 375 Å². The number of unbranched alkanes of at least 4 members (excludes halogenated alkanes) is 28. The lowest BCUT2D eigenvalue weighted by molar-refractivity contribution is -0.220. The molecule has 1 rings (SSSR count). The lowest BCUT2D eigenvalue weighted by Gasteiger charge is -2.41. The summed E-state index contributed by atoms with van der Waals surface area (Å²) in [6.07, 6.45) is 28.5. The number of hydrogen-bond acceptors (Lipinski definition) is 12. The van der Waals surface area contributed by atoms with Crippen LogP contribution in [0.2, 0.25) is 0 Å². The summed E-state index contributed by atoms with van der Waals surface area (Å²) in [5.74, 6) is -1.09. The third-order valence-corrected chi connectivity index (χ3v) is 12.8. The van der Waals surface area contributed by atoms with Crippen LogP contribution >= 0.6 is 7.82 Å². The summed E-state index contributed by atoms with van der Waals surface area (Å²) in [5, 5.41) is 50.1. The maximum Gasteiger partial charge on any atom is 0.472 e. The zero-order chi connectivity index (χ0) is 45.7. The quantitative estimate of drug-likeness (QED) is 0.0146. The van der Waals surface area contributed by atoms with Crippen molar-refractivity contribution in [2.45, 2.75) is 268 Å². The second kappa shape index (κ2) is 38.8. The van der Waals surface area contributed by atoms with Crippen molar-refractivity contribution in [3.63, 3.8) is 0 Å². The predicted octanol–water partition coefficient (Wildman–Crippen LogP) is 10.2. The Morgan fingerprint density at radius 2 is 0.823 bits per heavy atom. The molecule has 0 spiro atoms. The molecule has 0 aromatic carbocycles. The summed E-state index contributed by atoms with van der Waals surface area (Å²) in [6.45, 7) is 3.30. The van der Waals surface area contributed by atoms with E-state index in [2.05, 4.69) is 26.0 Å². The van der Waals surface area contributed by atoms with E-state index in [-0.39, 0.29) is 12.8 Å². The summed E-state index contributed by atoms with van der Waals surface area (Å²) in [4.78, 5) is 35.7. The van der Waals surface area contributed by atoms with Gasteiger partial charge in [-0.2, -0.15) is 0 Å². The number of phosphoric ester groups is 1. The minimum absolute atomic E-state index is 0.100. The second-order valence-electron chi connectivity index (χ2n) is 17.7. The van der Waals surface area contributed by atoms with Gasteiger partial charge in [0.25, 0.3) is 0 Å². The molecule has 0 heterocycles. The Morgan fingerprint density at radius 1 is 0.484 bits per heavy atom. The van der Waals surface area contributed by atoms with Crippen LogP contribution in [0, 0.1) is 0 Å². The summed E-state index contributed by atoms with van der Waals surface area (Å²) in [5.41, 5.74) is 0. The Balaban J connectivity index is 2.34. The molecule has 13 nitrogen and oxygen atoms in total. The third kappa shape index (κ3) is 30.7. The van der Waals surface area contributed by atoms with Gasteiger partial charge in [0.15, 0.2) is 6.10 Å². The molecule has 1 aliphatic rings. The average molecular weight is 907 g/mol. The van der Waals surface area contributed by atoms with Gasteiger partial charge in [0, 0.05) is 12.8 Å². The first-order chi connectivity index (χ1) is 29.9. The molecule has 6 N–H and O–H groups in total. The first-order valence-corrected chi connectivity index (χ1v) is 26.5. The lowest BCUT2D eigenvalue weighted by Crippen LogP contribution is -2.64. The molecule has 0 radical (unpaired) electrons. The third-order valence-electron chi connectivity index (χ3n) is 11.9. The normalized spacial score (nSPS) is 21.9. The van der Waals surface area contributed by atoms with E-state index in [1.807, 2.05) is 0 Å². The largest absolute Gasteiger partial charge is 0.472 e.